The quantitative estimate of drug-likeness (QED) is 0.120. The van der Waals surface area contributed by atoms with Gasteiger partial charge in [-0.1, -0.05) is 407 Å². The Hall–Kier alpha value is -14.0. The molecule has 642 valence electrons. The van der Waals surface area contributed by atoms with Crippen molar-refractivity contribution in [1.29, 1.82) is 0 Å². The van der Waals surface area contributed by atoms with Crippen molar-refractivity contribution in [3.8, 4) is 44.5 Å². The summed E-state index contributed by atoms with van der Waals surface area (Å²) in [4.78, 5) is 0. The van der Waals surface area contributed by atoms with Gasteiger partial charge < -0.3 is 0 Å². The van der Waals surface area contributed by atoms with E-state index in [-0.39, 0.29) is 0 Å². The van der Waals surface area contributed by atoms with Gasteiger partial charge in [0.25, 0.3) is 0 Å². The summed E-state index contributed by atoms with van der Waals surface area (Å²) in [6.07, 6.45) is 14.1. The molecule has 0 spiro atoms. The third kappa shape index (κ3) is 18.0. The van der Waals surface area contributed by atoms with E-state index in [0.29, 0.717) is 0 Å². The number of fused-ring (bicyclic) bond motifs is 10. The molecule has 0 saturated carbocycles. The maximum absolute atomic E-state index is 2.40. The predicted molar refractivity (Wildman–Crippen MR) is 572 cm³/mol. The fraction of sp³-hybridized carbons (Fsp3) is 0.176. The van der Waals surface area contributed by atoms with E-state index in [1.807, 2.05) is 0 Å². The van der Waals surface area contributed by atoms with Gasteiger partial charge in [0.2, 0.25) is 0 Å². The zero-order valence-corrected chi connectivity index (χ0v) is 79.1. The van der Waals surface area contributed by atoms with Crippen LogP contribution < -0.4 is 0 Å². The van der Waals surface area contributed by atoms with E-state index in [9.17, 15) is 0 Å². The first-order valence-electron chi connectivity index (χ1n) is 47.3. The van der Waals surface area contributed by atoms with Crippen LogP contribution in [0.1, 0.15) is 142 Å². The van der Waals surface area contributed by atoms with Gasteiger partial charge in [-0.05, 0) is 375 Å². The van der Waals surface area contributed by atoms with E-state index in [1.165, 1.54) is 286 Å². The zero-order valence-electron chi connectivity index (χ0n) is 79.1. The van der Waals surface area contributed by atoms with Crippen LogP contribution in [0.2, 0.25) is 0 Å². The SMILES string of the molecule is CC1=Cc2cc(C)ccc2C1.CC1=Cc2cccc(C)c2C1.Cc1cc2c3c(c1)CCc1cc(C)cc(c1-3)CC2.Cc1cc2ccc3cc(C)cc4ccc(c1)c2c34.Cc1ccc(-c2ccccc2-c2ccc(C)cc2)cc1.Cc1ccc2c(c1)CCc1cc(C)ccc1-2.Cc1ccc2c(ccc3cc(C)ccc32)c1.Cc1ccc2c3cccc4cccc(c5cccc1c52)c43. The molecular formula is C131H118. The molecule has 0 N–H and O–H groups in total. The van der Waals surface area contributed by atoms with Gasteiger partial charge in [-0.15, -0.1) is 0 Å². The Kier molecular flexibility index (Phi) is 24.3. The molecule has 0 nitrogen and oxygen atoms in total. The summed E-state index contributed by atoms with van der Waals surface area (Å²) in [6.45, 7) is 32.6. The molecule has 21 aromatic carbocycles. The largest absolute Gasteiger partial charge is 0.0683 e. The van der Waals surface area contributed by atoms with E-state index in [2.05, 4.69) is 450 Å². The molecule has 0 fully saturated rings. The monoisotopic (exact) mass is 1690 g/mol. The van der Waals surface area contributed by atoms with Crippen LogP contribution >= 0.6 is 0 Å². The fourth-order valence-corrected chi connectivity index (χ4v) is 21.5. The summed E-state index contributed by atoms with van der Waals surface area (Å²) in [5.74, 6) is 0. The van der Waals surface area contributed by atoms with Crippen molar-refractivity contribution in [3.63, 3.8) is 0 Å². The van der Waals surface area contributed by atoms with Crippen molar-refractivity contribution in [1.82, 2.24) is 0 Å². The Bertz CT molecular complexity index is 7550. The highest BCUT2D eigenvalue weighted by Crippen LogP contribution is 2.46. The van der Waals surface area contributed by atoms with Crippen molar-refractivity contribution < 1.29 is 0 Å². The number of rotatable bonds is 2. The minimum absolute atomic E-state index is 1.15. The average Bonchev–Trinajstić information content (AvgIpc) is 1.05. The Morgan fingerprint density at radius 3 is 1.01 bits per heavy atom. The summed E-state index contributed by atoms with van der Waals surface area (Å²) in [7, 11) is 0. The predicted octanol–water partition coefficient (Wildman–Crippen LogP) is 35.6. The third-order valence-electron chi connectivity index (χ3n) is 27.8. The molecule has 131 heavy (non-hydrogen) atoms. The summed E-state index contributed by atoms with van der Waals surface area (Å²) < 4.78 is 0. The minimum atomic E-state index is 1.15. The number of benzene rings is 21. The molecule has 5 aliphatic carbocycles. The number of aryl methyl sites for hydroxylation is 19. The summed E-state index contributed by atoms with van der Waals surface area (Å²) in [5.41, 5.74) is 46.9. The number of hydrogen-bond acceptors (Lipinski definition) is 0. The van der Waals surface area contributed by atoms with Gasteiger partial charge in [0, 0.05) is 0 Å². The molecule has 0 heterocycles. The molecule has 5 aliphatic rings. The maximum atomic E-state index is 2.40. The van der Waals surface area contributed by atoms with Crippen molar-refractivity contribution >= 4 is 109 Å². The van der Waals surface area contributed by atoms with Crippen molar-refractivity contribution in [2.24, 2.45) is 0 Å². The molecule has 0 radical (unpaired) electrons. The highest BCUT2D eigenvalue weighted by molar-refractivity contribution is 6.33. The molecule has 26 rings (SSSR count). The second-order valence-corrected chi connectivity index (χ2v) is 38.4. The Labute approximate surface area is 776 Å². The van der Waals surface area contributed by atoms with E-state index < -0.39 is 0 Å². The van der Waals surface area contributed by atoms with Crippen LogP contribution in [0.5, 0.6) is 0 Å². The van der Waals surface area contributed by atoms with Crippen LogP contribution in [0.15, 0.2) is 345 Å². The van der Waals surface area contributed by atoms with E-state index in [1.54, 1.807) is 33.4 Å². The Morgan fingerprint density at radius 2 is 0.527 bits per heavy atom. The smallest absolute Gasteiger partial charge is 0.00237 e. The molecule has 0 aliphatic heterocycles. The average molecular weight is 1690 g/mol. The van der Waals surface area contributed by atoms with Crippen LogP contribution in [0.25, 0.3) is 154 Å². The van der Waals surface area contributed by atoms with Gasteiger partial charge in [0.15, 0.2) is 0 Å². The number of hydrogen-bond donors (Lipinski definition) is 0. The highest BCUT2D eigenvalue weighted by Gasteiger charge is 2.27. The van der Waals surface area contributed by atoms with Crippen molar-refractivity contribution in [2.45, 2.75) is 155 Å². The summed E-state index contributed by atoms with van der Waals surface area (Å²) >= 11 is 0. The molecule has 0 amide bonds. The summed E-state index contributed by atoms with van der Waals surface area (Å²) in [5, 5.41) is 24.6. The van der Waals surface area contributed by atoms with Crippen LogP contribution in [0.4, 0.5) is 0 Å². The van der Waals surface area contributed by atoms with E-state index >= 15 is 0 Å². The van der Waals surface area contributed by atoms with Gasteiger partial charge in [-0.25, -0.2) is 0 Å². The van der Waals surface area contributed by atoms with Gasteiger partial charge in [-0.3, -0.25) is 0 Å². The van der Waals surface area contributed by atoms with Crippen LogP contribution in [0, 0.1) is 90.0 Å². The molecule has 21 aromatic rings. The second-order valence-electron chi connectivity index (χ2n) is 38.4. The van der Waals surface area contributed by atoms with Crippen molar-refractivity contribution in [2.75, 3.05) is 0 Å². The third-order valence-corrected chi connectivity index (χ3v) is 27.8. The van der Waals surface area contributed by atoms with Crippen LogP contribution in [-0.4, -0.2) is 0 Å². The second kappa shape index (κ2) is 36.8. The first kappa shape index (κ1) is 86.3. The van der Waals surface area contributed by atoms with Gasteiger partial charge >= 0.3 is 0 Å². The minimum Gasteiger partial charge on any atom is -0.0683 e. The van der Waals surface area contributed by atoms with Gasteiger partial charge in [0.05, 0.1) is 0 Å². The maximum Gasteiger partial charge on any atom is -0.00237 e. The van der Waals surface area contributed by atoms with Gasteiger partial charge in [0.1, 0.15) is 0 Å². The topological polar surface area (TPSA) is 0 Å². The lowest BCUT2D eigenvalue weighted by molar-refractivity contribution is 0.871. The molecule has 0 saturated heterocycles. The summed E-state index contributed by atoms with van der Waals surface area (Å²) in [6, 6.07) is 123. The molecule has 0 heteroatoms. The highest BCUT2D eigenvalue weighted by atomic mass is 14.3. The van der Waals surface area contributed by atoms with E-state index in [4.69, 9.17) is 0 Å². The fourth-order valence-electron chi connectivity index (χ4n) is 21.5. The standard InChI is InChI=1S/C21H14.C20H18.C18H18.C18H14.C16H16.C16H14.2C11H12/c1-13-11-12-19-17-9-3-6-14-5-2-8-16(20(14)17)18-10-4-7-15(13)21(18)19;1-15-7-11-17(12-8-15)19-5-3-4-6-20(19)18-13-9-16(2)10-14-18;2*1-11-7-13-3-5-15-9-12(2)10-16-6-4-14(8-11)17(13)18(15)16;2*1-11-3-7-15-13(9-11)5-6-14-10-12(2)4-8-16(14)15;1-8-3-4-10-6-9(2)7-11(10)5-8;1-8-6-10-5-3-4-9(2)11(10)7-8/h2-12H,1H3;3-14H,1-2H3;7-10H,3-6H2,1-2H3;3-10H,1-2H3;3-4,7-10H,5-6H2,1-2H3;3-10H,1-2H3;3-5,7H,6H2,1-2H3;3-6H,7H2,1-2H3. The first-order chi connectivity index (χ1) is 63.5. The normalized spacial score (nSPS) is 12.7. The molecule has 0 aromatic heterocycles. The molecule has 0 atom stereocenters. The van der Waals surface area contributed by atoms with Crippen LogP contribution in [-0.2, 0) is 51.4 Å². The van der Waals surface area contributed by atoms with Gasteiger partial charge in [-0.2, -0.15) is 0 Å². The molecule has 0 bridgehead atoms. The Balaban J connectivity index is 0.0000000976. The van der Waals surface area contributed by atoms with Crippen molar-refractivity contribution in [3.05, 3.63) is 473 Å². The lowest BCUT2D eigenvalue weighted by Gasteiger charge is -2.30. The zero-order chi connectivity index (χ0) is 90.4. The molecular weight excluding hydrogens is 1570 g/mol. The number of allylic oxidation sites excluding steroid dienone is 2. The Morgan fingerprint density at radius 1 is 0.176 bits per heavy atom. The lowest BCUT2D eigenvalue weighted by Crippen LogP contribution is -2.14. The lowest BCUT2D eigenvalue weighted by atomic mass is 9.74. The molecule has 0 unspecified atom stereocenters. The van der Waals surface area contributed by atoms with E-state index in [0.717, 1.165) is 12.8 Å². The van der Waals surface area contributed by atoms with Crippen LogP contribution in [0.3, 0.4) is 0 Å². The first-order valence-corrected chi connectivity index (χ1v) is 47.3.